The van der Waals surface area contributed by atoms with Crippen molar-refractivity contribution in [2.24, 2.45) is 0 Å². The summed E-state index contributed by atoms with van der Waals surface area (Å²) in [5.74, 6) is -0.787. The zero-order chi connectivity index (χ0) is 11.4. The molecule has 1 aromatic rings. The lowest BCUT2D eigenvalue weighted by Crippen LogP contribution is -2.58. The van der Waals surface area contributed by atoms with Gasteiger partial charge in [0.05, 0.1) is 0 Å². The quantitative estimate of drug-likeness (QED) is 0.683. The topological polar surface area (TPSA) is 61.4 Å². The van der Waals surface area contributed by atoms with Crippen molar-refractivity contribution in [3.8, 4) is 0 Å². The van der Waals surface area contributed by atoms with Crippen LogP contribution in [0, 0.1) is 0 Å². The second-order valence-electron chi connectivity index (χ2n) is 4.10. The molecule has 1 aromatic carbocycles. The number of piperazine rings is 1. The average Bonchev–Trinajstić information content (AvgIpc) is 2.30. The van der Waals surface area contributed by atoms with Crippen LogP contribution < -0.4 is 10.6 Å². The Labute approximate surface area is 94.7 Å². The fraction of sp³-hybridized carbons (Fsp3) is 0.417. The minimum atomic E-state index is -0.787. The highest BCUT2D eigenvalue weighted by Crippen LogP contribution is 2.05. The van der Waals surface area contributed by atoms with E-state index in [4.69, 9.17) is 5.11 Å². The smallest absolute Gasteiger partial charge is 0.322 e. The average molecular weight is 220 g/mol. The molecule has 3 N–H and O–H groups in total. The normalized spacial score (nSPS) is 25.2. The van der Waals surface area contributed by atoms with Crippen LogP contribution in [0.3, 0.4) is 0 Å². The van der Waals surface area contributed by atoms with Crippen LogP contribution in [-0.2, 0) is 11.2 Å². The van der Waals surface area contributed by atoms with Crippen LogP contribution in [0.5, 0.6) is 0 Å². The Morgan fingerprint density at radius 1 is 1.31 bits per heavy atom. The fourth-order valence-electron chi connectivity index (χ4n) is 1.99. The maximum absolute atomic E-state index is 10.8. The van der Waals surface area contributed by atoms with Gasteiger partial charge < -0.3 is 10.4 Å². The van der Waals surface area contributed by atoms with Crippen molar-refractivity contribution in [2.45, 2.75) is 18.5 Å². The highest BCUT2D eigenvalue weighted by atomic mass is 16.4. The van der Waals surface area contributed by atoms with Crippen molar-refractivity contribution in [3.63, 3.8) is 0 Å². The van der Waals surface area contributed by atoms with E-state index < -0.39 is 12.0 Å². The molecule has 2 atom stereocenters. The molecule has 86 valence electrons. The van der Waals surface area contributed by atoms with Gasteiger partial charge in [0.25, 0.3) is 0 Å². The molecule has 2 rings (SSSR count). The molecule has 0 aromatic heterocycles. The van der Waals surface area contributed by atoms with Gasteiger partial charge in [0.1, 0.15) is 6.04 Å². The molecule has 0 saturated carbocycles. The summed E-state index contributed by atoms with van der Waals surface area (Å²) in [5, 5.41) is 15.2. The van der Waals surface area contributed by atoms with Gasteiger partial charge in [-0.2, -0.15) is 0 Å². The molecule has 1 heterocycles. The summed E-state index contributed by atoms with van der Waals surface area (Å²) in [4.78, 5) is 10.8. The lowest BCUT2D eigenvalue weighted by atomic mass is 10.0. The molecule has 16 heavy (non-hydrogen) atoms. The number of carbonyl (C=O) groups is 1. The van der Waals surface area contributed by atoms with Gasteiger partial charge in [-0.15, -0.1) is 0 Å². The van der Waals surface area contributed by atoms with E-state index in [9.17, 15) is 4.79 Å². The SMILES string of the molecule is O=C(O)[C@@H]1CNC[C@@H](Cc2ccccc2)N1. The maximum Gasteiger partial charge on any atom is 0.322 e. The van der Waals surface area contributed by atoms with Crippen molar-refractivity contribution in [1.82, 2.24) is 10.6 Å². The molecule has 1 aliphatic rings. The lowest BCUT2D eigenvalue weighted by molar-refractivity contribution is -0.140. The summed E-state index contributed by atoms with van der Waals surface area (Å²) in [6.45, 7) is 1.32. The molecular formula is C12H16N2O2. The summed E-state index contributed by atoms with van der Waals surface area (Å²) >= 11 is 0. The Morgan fingerprint density at radius 3 is 2.75 bits per heavy atom. The third kappa shape index (κ3) is 2.81. The summed E-state index contributed by atoms with van der Waals surface area (Å²) in [6.07, 6.45) is 0.859. The van der Waals surface area contributed by atoms with Gasteiger partial charge in [-0.05, 0) is 12.0 Å². The molecule has 0 aliphatic carbocycles. The van der Waals surface area contributed by atoms with E-state index in [1.54, 1.807) is 0 Å². The van der Waals surface area contributed by atoms with Crippen LogP contribution in [0.25, 0.3) is 0 Å². The van der Waals surface area contributed by atoms with Gasteiger partial charge in [-0.3, -0.25) is 10.1 Å². The van der Waals surface area contributed by atoms with E-state index in [1.165, 1.54) is 5.56 Å². The Morgan fingerprint density at radius 2 is 2.06 bits per heavy atom. The molecule has 0 spiro atoms. The molecule has 4 heteroatoms. The third-order valence-corrected chi connectivity index (χ3v) is 2.80. The maximum atomic E-state index is 10.8. The van der Waals surface area contributed by atoms with Crippen molar-refractivity contribution in [2.75, 3.05) is 13.1 Å². The van der Waals surface area contributed by atoms with E-state index in [2.05, 4.69) is 22.8 Å². The van der Waals surface area contributed by atoms with E-state index in [0.29, 0.717) is 6.54 Å². The minimum Gasteiger partial charge on any atom is -0.480 e. The molecule has 0 bridgehead atoms. The first-order valence-corrected chi connectivity index (χ1v) is 5.49. The van der Waals surface area contributed by atoms with Crippen LogP contribution in [0.4, 0.5) is 0 Å². The first-order chi connectivity index (χ1) is 7.75. The summed E-state index contributed by atoms with van der Waals surface area (Å²) in [6, 6.07) is 9.83. The highest BCUT2D eigenvalue weighted by Gasteiger charge is 2.25. The number of rotatable bonds is 3. The molecule has 1 fully saturated rings. The fourth-order valence-corrected chi connectivity index (χ4v) is 1.99. The Balaban J connectivity index is 1.93. The lowest BCUT2D eigenvalue weighted by Gasteiger charge is -2.29. The molecule has 4 nitrogen and oxygen atoms in total. The summed E-state index contributed by atoms with van der Waals surface area (Å²) in [5.41, 5.74) is 1.23. The monoisotopic (exact) mass is 220 g/mol. The third-order valence-electron chi connectivity index (χ3n) is 2.80. The Hall–Kier alpha value is -1.39. The zero-order valence-corrected chi connectivity index (χ0v) is 9.02. The van der Waals surface area contributed by atoms with Crippen LogP contribution >= 0.6 is 0 Å². The number of hydrogen-bond donors (Lipinski definition) is 3. The van der Waals surface area contributed by atoms with E-state index in [1.807, 2.05) is 18.2 Å². The molecule has 0 amide bonds. The van der Waals surface area contributed by atoms with Gasteiger partial charge in [0, 0.05) is 19.1 Å². The van der Waals surface area contributed by atoms with Crippen LogP contribution in [0.15, 0.2) is 30.3 Å². The number of carboxylic acid groups (broad SMARTS) is 1. The van der Waals surface area contributed by atoms with Crippen LogP contribution in [-0.4, -0.2) is 36.2 Å². The highest BCUT2D eigenvalue weighted by molar-refractivity contribution is 5.74. The largest absolute Gasteiger partial charge is 0.480 e. The minimum absolute atomic E-state index is 0.192. The first-order valence-electron chi connectivity index (χ1n) is 5.49. The van der Waals surface area contributed by atoms with Gasteiger partial charge in [0.2, 0.25) is 0 Å². The van der Waals surface area contributed by atoms with Crippen LogP contribution in [0.2, 0.25) is 0 Å². The van der Waals surface area contributed by atoms with E-state index >= 15 is 0 Å². The van der Waals surface area contributed by atoms with Gasteiger partial charge in [-0.1, -0.05) is 30.3 Å². The van der Waals surface area contributed by atoms with Crippen molar-refractivity contribution in [1.29, 1.82) is 0 Å². The molecule has 0 unspecified atom stereocenters. The molecule has 0 radical (unpaired) electrons. The number of nitrogens with one attached hydrogen (secondary N) is 2. The van der Waals surface area contributed by atoms with Gasteiger partial charge in [-0.25, -0.2) is 0 Å². The number of hydrogen-bond acceptors (Lipinski definition) is 3. The molecule has 1 aliphatic heterocycles. The summed E-state index contributed by atoms with van der Waals surface area (Å²) in [7, 11) is 0. The molecular weight excluding hydrogens is 204 g/mol. The first kappa shape index (κ1) is 11.1. The standard InChI is InChI=1S/C12H16N2O2/c15-12(16)11-8-13-7-10(14-11)6-9-4-2-1-3-5-9/h1-5,10-11,13-14H,6-8H2,(H,15,16)/t10-,11+/m1/s1. The van der Waals surface area contributed by atoms with Gasteiger partial charge >= 0.3 is 5.97 Å². The second kappa shape index (κ2) is 5.09. The number of aliphatic carboxylic acids is 1. The summed E-state index contributed by atoms with van der Waals surface area (Å²) < 4.78 is 0. The van der Waals surface area contributed by atoms with Crippen LogP contribution in [0.1, 0.15) is 5.56 Å². The van der Waals surface area contributed by atoms with Crippen molar-refractivity contribution >= 4 is 5.97 Å². The van der Waals surface area contributed by atoms with E-state index in [-0.39, 0.29) is 6.04 Å². The Kier molecular flexibility index (Phi) is 3.54. The Bertz CT molecular complexity index is 353. The van der Waals surface area contributed by atoms with Crippen molar-refractivity contribution in [3.05, 3.63) is 35.9 Å². The number of benzene rings is 1. The predicted octanol–water partition coefficient (Wildman–Crippen LogP) is 0.244. The van der Waals surface area contributed by atoms with Gasteiger partial charge in [0.15, 0.2) is 0 Å². The molecule has 1 saturated heterocycles. The zero-order valence-electron chi connectivity index (χ0n) is 9.02. The predicted molar refractivity (Wildman–Crippen MR) is 61.4 cm³/mol. The van der Waals surface area contributed by atoms with E-state index in [0.717, 1.165) is 13.0 Å². The second-order valence-corrected chi connectivity index (χ2v) is 4.10. The van der Waals surface area contributed by atoms with Crippen molar-refractivity contribution < 1.29 is 9.90 Å². The number of carboxylic acids is 1.